The predicted molar refractivity (Wildman–Crippen MR) is 151 cm³/mol. The molecule has 1 spiro atoms. The van der Waals surface area contributed by atoms with Gasteiger partial charge in [0.2, 0.25) is 0 Å². The quantitative estimate of drug-likeness (QED) is 0.261. The third-order valence-corrected chi connectivity index (χ3v) is 7.93. The maximum Gasteiger partial charge on any atom is 0.573 e. The summed E-state index contributed by atoms with van der Waals surface area (Å²) in [5, 5.41) is 2.60. The minimum Gasteiger partial charge on any atom is -0.406 e. The Labute approximate surface area is 262 Å². The van der Waals surface area contributed by atoms with Crippen LogP contribution in [0.3, 0.4) is 0 Å². The smallest absolute Gasteiger partial charge is 0.406 e. The summed E-state index contributed by atoms with van der Waals surface area (Å²) in [7, 11) is 0. The number of carbonyl (C=O) groups is 1. The third-order valence-electron chi connectivity index (χ3n) is 7.93. The summed E-state index contributed by atoms with van der Waals surface area (Å²) in [5.41, 5.74) is -0.148. The zero-order valence-corrected chi connectivity index (χ0v) is 24.3. The summed E-state index contributed by atoms with van der Waals surface area (Å²) in [4.78, 5) is 20.1. The normalized spacial score (nSPS) is 16.8. The standard InChI is InChI=1S/C31H27F9N4O3/c32-29(33,34)26-16-21(9-12-41-26)18-42-27(45)44-19-28(24-17-23(7-8-25(24)44)47-31(38,39)40)10-14-43(15-11-28)13-1-2-20-3-5-22(6-4-20)46-30(35,36)37/h1-9,12,16-17H,10-11,13-15,18-19H2,(H,42,45). The van der Waals surface area contributed by atoms with Gasteiger partial charge in [0.05, 0.1) is 0 Å². The number of halogens is 9. The zero-order valence-electron chi connectivity index (χ0n) is 24.3. The maximum atomic E-state index is 13.3. The van der Waals surface area contributed by atoms with Crippen molar-refractivity contribution in [3.05, 3.63) is 89.3 Å². The van der Waals surface area contributed by atoms with E-state index in [1.807, 2.05) is 6.08 Å². The molecule has 0 unspecified atom stereocenters. The highest BCUT2D eigenvalue weighted by Crippen LogP contribution is 2.48. The van der Waals surface area contributed by atoms with Crippen LogP contribution in [0, 0.1) is 0 Å². The molecule has 1 saturated heterocycles. The molecule has 1 fully saturated rings. The van der Waals surface area contributed by atoms with Crippen LogP contribution in [0.15, 0.2) is 66.9 Å². The van der Waals surface area contributed by atoms with Gasteiger partial charge in [0, 0.05) is 36.9 Å². The van der Waals surface area contributed by atoms with Gasteiger partial charge in [0.25, 0.3) is 0 Å². The van der Waals surface area contributed by atoms with Crippen LogP contribution in [0.1, 0.15) is 35.2 Å². The molecule has 0 bridgehead atoms. The third kappa shape index (κ3) is 8.67. The number of piperidine rings is 1. The molecule has 0 aliphatic carbocycles. The molecule has 0 saturated carbocycles. The first-order valence-corrected chi connectivity index (χ1v) is 14.2. The van der Waals surface area contributed by atoms with Crippen molar-refractivity contribution in [2.45, 2.75) is 43.7 Å². The number of likely N-dealkylation sites (tertiary alicyclic amines) is 1. The fourth-order valence-corrected chi connectivity index (χ4v) is 5.75. The molecule has 2 aromatic carbocycles. The van der Waals surface area contributed by atoms with E-state index in [4.69, 9.17) is 0 Å². The lowest BCUT2D eigenvalue weighted by Crippen LogP contribution is -2.47. The van der Waals surface area contributed by atoms with Gasteiger partial charge in [-0.3, -0.25) is 14.8 Å². The topological polar surface area (TPSA) is 66.9 Å². The predicted octanol–water partition coefficient (Wildman–Crippen LogP) is 7.67. The molecule has 2 aliphatic rings. The van der Waals surface area contributed by atoms with E-state index in [0.29, 0.717) is 49.3 Å². The Morgan fingerprint density at radius 3 is 2.15 bits per heavy atom. The summed E-state index contributed by atoms with van der Waals surface area (Å²) < 4.78 is 123. The molecule has 5 rings (SSSR count). The highest BCUT2D eigenvalue weighted by atomic mass is 19.4. The Morgan fingerprint density at radius 1 is 0.872 bits per heavy atom. The van der Waals surface area contributed by atoms with Gasteiger partial charge in [-0.2, -0.15) is 13.2 Å². The number of amides is 2. The fourth-order valence-electron chi connectivity index (χ4n) is 5.75. The summed E-state index contributed by atoms with van der Waals surface area (Å²) in [5.74, 6) is -0.779. The molecular formula is C31H27F9N4O3. The number of pyridine rings is 1. The van der Waals surface area contributed by atoms with E-state index in [1.165, 1.54) is 47.4 Å². The van der Waals surface area contributed by atoms with Crippen molar-refractivity contribution in [3.8, 4) is 11.5 Å². The number of anilines is 1. The average Bonchev–Trinajstić information content (AvgIpc) is 3.29. The average molecular weight is 675 g/mol. The first-order chi connectivity index (χ1) is 22.0. The number of fused-ring (bicyclic) bond motifs is 2. The monoisotopic (exact) mass is 674 g/mol. The lowest BCUT2D eigenvalue weighted by molar-refractivity contribution is -0.275. The van der Waals surface area contributed by atoms with Crippen molar-refractivity contribution in [2.75, 3.05) is 31.1 Å². The van der Waals surface area contributed by atoms with Crippen molar-refractivity contribution in [1.82, 2.24) is 15.2 Å². The van der Waals surface area contributed by atoms with Crippen LogP contribution in [0.4, 0.5) is 50.0 Å². The number of alkyl halides is 9. The van der Waals surface area contributed by atoms with Crippen molar-refractivity contribution in [1.29, 1.82) is 0 Å². The first-order valence-electron chi connectivity index (χ1n) is 14.2. The summed E-state index contributed by atoms with van der Waals surface area (Å²) in [6.07, 6.45) is -8.90. The van der Waals surface area contributed by atoms with E-state index in [0.717, 1.165) is 18.3 Å². The largest absolute Gasteiger partial charge is 0.573 e. The SMILES string of the molecule is O=C(NCc1ccnc(C(F)(F)F)c1)N1CC2(CCN(CC=Cc3ccc(OC(F)(F)F)cc3)CC2)c2cc(OC(F)(F)F)ccc21. The number of ether oxygens (including phenoxy) is 2. The Hall–Kier alpha value is -4.47. The number of urea groups is 1. The van der Waals surface area contributed by atoms with Crippen LogP contribution in [0.5, 0.6) is 11.5 Å². The Balaban J connectivity index is 1.26. The zero-order chi connectivity index (χ0) is 34.0. The van der Waals surface area contributed by atoms with Crippen LogP contribution in [0.25, 0.3) is 6.08 Å². The molecule has 252 valence electrons. The van der Waals surface area contributed by atoms with Crippen molar-refractivity contribution >= 4 is 17.8 Å². The molecule has 2 amide bonds. The van der Waals surface area contributed by atoms with Gasteiger partial charge < -0.3 is 14.8 Å². The van der Waals surface area contributed by atoms with Crippen molar-refractivity contribution < 1.29 is 53.8 Å². The Kier molecular flexibility index (Phi) is 9.35. The number of hydrogen-bond acceptors (Lipinski definition) is 5. The van der Waals surface area contributed by atoms with Crippen LogP contribution in [-0.2, 0) is 18.1 Å². The molecule has 3 heterocycles. The molecule has 1 N–H and O–H groups in total. The number of aromatic nitrogens is 1. The Morgan fingerprint density at radius 2 is 1.51 bits per heavy atom. The summed E-state index contributed by atoms with van der Waals surface area (Å²) in [6, 6.07) is 10.6. The number of nitrogens with zero attached hydrogens (tertiary/aromatic N) is 3. The van der Waals surface area contributed by atoms with Gasteiger partial charge in [-0.05, 0) is 85.1 Å². The number of rotatable bonds is 7. The van der Waals surface area contributed by atoms with Crippen molar-refractivity contribution in [2.24, 2.45) is 0 Å². The highest BCUT2D eigenvalue weighted by molar-refractivity contribution is 5.95. The van der Waals surface area contributed by atoms with E-state index in [-0.39, 0.29) is 24.4 Å². The molecule has 3 aromatic rings. The number of nitrogens with one attached hydrogen (secondary N) is 1. The molecule has 2 aliphatic heterocycles. The molecule has 7 nitrogen and oxygen atoms in total. The summed E-state index contributed by atoms with van der Waals surface area (Å²) >= 11 is 0. The lowest BCUT2D eigenvalue weighted by atomic mass is 9.74. The molecular weight excluding hydrogens is 647 g/mol. The molecule has 1 aromatic heterocycles. The van der Waals surface area contributed by atoms with Gasteiger partial charge in [-0.15, -0.1) is 26.3 Å². The van der Waals surface area contributed by atoms with Gasteiger partial charge in [-0.25, -0.2) is 4.79 Å². The van der Waals surface area contributed by atoms with Crippen molar-refractivity contribution in [3.63, 3.8) is 0 Å². The van der Waals surface area contributed by atoms with Gasteiger partial charge >= 0.3 is 24.9 Å². The maximum absolute atomic E-state index is 13.3. The van der Waals surface area contributed by atoms with Gasteiger partial charge in [0.15, 0.2) is 0 Å². The number of carbonyl (C=O) groups excluding carboxylic acids is 1. The number of benzene rings is 2. The van der Waals surface area contributed by atoms with E-state index in [2.05, 4.69) is 24.7 Å². The molecule has 16 heteroatoms. The second-order valence-corrected chi connectivity index (χ2v) is 11.1. The van der Waals surface area contributed by atoms with Crippen LogP contribution >= 0.6 is 0 Å². The fraction of sp³-hybridized carbons (Fsp3) is 0.355. The molecule has 47 heavy (non-hydrogen) atoms. The second kappa shape index (κ2) is 13.0. The van der Waals surface area contributed by atoms with E-state index >= 15 is 0 Å². The van der Waals surface area contributed by atoms with Crippen LogP contribution in [-0.4, -0.2) is 54.8 Å². The van der Waals surface area contributed by atoms with E-state index < -0.39 is 41.8 Å². The van der Waals surface area contributed by atoms with Crippen LogP contribution in [0.2, 0.25) is 0 Å². The molecule has 0 radical (unpaired) electrons. The first kappa shape index (κ1) is 33.9. The van der Waals surface area contributed by atoms with E-state index in [1.54, 1.807) is 6.08 Å². The van der Waals surface area contributed by atoms with Crippen LogP contribution < -0.4 is 19.7 Å². The minimum atomic E-state index is -4.93. The van der Waals surface area contributed by atoms with Gasteiger partial charge in [-0.1, -0.05) is 24.3 Å². The number of hydrogen-bond donors (Lipinski definition) is 1. The van der Waals surface area contributed by atoms with Gasteiger partial charge in [0.1, 0.15) is 17.2 Å². The van der Waals surface area contributed by atoms with E-state index in [9.17, 15) is 44.3 Å². The highest BCUT2D eigenvalue weighted by Gasteiger charge is 2.47. The minimum absolute atomic E-state index is 0.129. The lowest BCUT2D eigenvalue weighted by Gasteiger charge is -2.39. The second-order valence-electron chi connectivity index (χ2n) is 11.1. The Bertz CT molecular complexity index is 1600. The summed E-state index contributed by atoms with van der Waals surface area (Å²) in [6.45, 7) is 1.40. The molecule has 0 atom stereocenters.